The number of thiazole rings is 1. The summed E-state index contributed by atoms with van der Waals surface area (Å²) in [7, 11) is -3.36. The van der Waals surface area contributed by atoms with E-state index in [2.05, 4.69) is 16.1 Å². The fourth-order valence-electron chi connectivity index (χ4n) is 4.56. The Morgan fingerprint density at radius 3 is 2.39 bits per heavy atom. The number of carbonyl (C=O) groups is 1. The van der Waals surface area contributed by atoms with Gasteiger partial charge in [0, 0.05) is 19.0 Å². The number of benzene rings is 2. The average Bonchev–Trinajstić information content (AvgIpc) is 3.39. The molecule has 2 N–H and O–H groups in total. The van der Waals surface area contributed by atoms with E-state index in [0.29, 0.717) is 13.0 Å². The van der Waals surface area contributed by atoms with Crippen molar-refractivity contribution in [3.63, 3.8) is 0 Å². The van der Waals surface area contributed by atoms with Crippen LogP contribution in [0.1, 0.15) is 55.7 Å². The Labute approximate surface area is 199 Å². The molecule has 6 nitrogen and oxygen atoms in total. The summed E-state index contributed by atoms with van der Waals surface area (Å²) in [6.45, 7) is 4.03. The molecule has 0 saturated heterocycles. The summed E-state index contributed by atoms with van der Waals surface area (Å²) in [5, 5.41) is 4.16. The molecule has 0 bridgehead atoms. The minimum atomic E-state index is -3.36. The highest BCUT2D eigenvalue weighted by molar-refractivity contribution is 7.88. The van der Waals surface area contributed by atoms with E-state index in [-0.39, 0.29) is 17.7 Å². The van der Waals surface area contributed by atoms with Crippen LogP contribution in [0.3, 0.4) is 0 Å². The molecule has 1 aromatic heterocycles. The number of rotatable bonds is 9. The third-order valence-corrected chi connectivity index (χ3v) is 8.70. The predicted octanol–water partition coefficient (Wildman–Crippen LogP) is 4.54. The number of sulfonamides is 1. The van der Waals surface area contributed by atoms with Gasteiger partial charge in [-0.15, -0.1) is 11.3 Å². The van der Waals surface area contributed by atoms with Gasteiger partial charge >= 0.3 is 0 Å². The van der Waals surface area contributed by atoms with Gasteiger partial charge in [0.15, 0.2) is 0 Å². The zero-order valence-electron chi connectivity index (χ0n) is 19.1. The van der Waals surface area contributed by atoms with Crippen molar-refractivity contribution < 1.29 is 13.2 Å². The molecule has 8 heteroatoms. The molecule has 176 valence electrons. The second-order valence-corrected chi connectivity index (χ2v) is 12.1. The molecule has 2 aromatic carbocycles. The molecule has 4 rings (SSSR count). The van der Waals surface area contributed by atoms with E-state index in [1.54, 1.807) is 25.2 Å². The van der Waals surface area contributed by atoms with Crippen molar-refractivity contribution in [2.75, 3.05) is 0 Å². The summed E-state index contributed by atoms with van der Waals surface area (Å²) in [6.07, 6.45) is 4.57. The number of nitrogens with zero attached hydrogens (tertiary/aromatic N) is 1. The summed E-state index contributed by atoms with van der Waals surface area (Å²) >= 11 is 1.68. The number of para-hydroxylation sites is 1. The smallest absolute Gasteiger partial charge is 0.226 e. The van der Waals surface area contributed by atoms with E-state index in [9.17, 15) is 13.2 Å². The molecule has 1 fully saturated rings. The van der Waals surface area contributed by atoms with E-state index < -0.39 is 15.4 Å². The van der Waals surface area contributed by atoms with Crippen molar-refractivity contribution in [1.29, 1.82) is 0 Å². The van der Waals surface area contributed by atoms with Crippen LogP contribution in [-0.2, 0) is 33.5 Å². The van der Waals surface area contributed by atoms with Gasteiger partial charge in [0.1, 0.15) is 0 Å². The second-order valence-electron chi connectivity index (χ2n) is 9.27. The highest BCUT2D eigenvalue weighted by Crippen LogP contribution is 2.42. The Balaban J connectivity index is 1.39. The normalized spacial score (nSPS) is 15.8. The van der Waals surface area contributed by atoms with Gasteiger partial charge in [-0.05, 0) is 49.9 Å². The van der Waals surface area contributed by atoms with Crippen molar-refractivity contribution in [2.45, 2.75) is 64.3 Å². The van der Waals surface area contributed by atoms with E-state index in [1.807, 2.05) is 42.5 Å². The molecule has 0 unspecified atom stereocenters. The number of hydrogen-bond acceptors (Lipinski definition) is 5. The standard InChI is InChI=1S/C25H31N3O3S2/c1-18(2)28-33(30,31)17-20-11-9-19(10-12-20)16-26-24(29)25(13-5-6-14-25)15-23-27-21-7-3-4-8-22(21)32-23/h3-4,7-12,18,28H,5-6,13-17H2,1-2H3,(H,26,29). The molecular formula is C25H31N3O3S2. The third kappa shape index (κ3) is 5.99. The fraction of sp³-hybridized carbons (Fsp3) is 0.440. The van der Waals surface area contributed by atoms with Crippen LogP contribution in [-0.4, -0.2) is 25.4 Å². The van der Waals surface area contributed by atoms with Crippen LogP contribution in [0, 0.1) is 5.41 Å². The number of fused-ring (bicyclic) bond motifs is 1. The molecular weight excluding hydrogens is 454 g/mol. The van der Waals surface area contributed by atoms with Crippen molar-refractivity contribution in [2.24, 2.45) is 5.41 Å². The lowest BCUT2D eigenvalue weighted by Crippen LogP contribution is -2.40. The Hall–Kier alpha value is -2.29. The van der Waals surface area contributed by atoms with Gasteiger partial charge < -0.3 is 5.32 Å². The Bertz CT molecular complexity index is 1180. The summed E-state index contributed by atoms with van der Waals surface area (Å²) in [5.41, 5.74) is 2.28. The Morgan fingerprint density at radius 2 is 1.73 bits per heavy atom. The Kier molecular flexibility index (Phi) is 7.16. The summed E-state index contributed by atoms with van der Waals surface area (Å²) in [4.78, 5) is 18.1. The zero-order valence-corrected chi connectivity index (χ0v) is 20.8. The quantitative estimate of drug-likeness (QED) is 0.466. The first-order chi connectivity index (χ1) is 15.7. The van der Waals surface area contributed by atoms with Crippen LogP contribution in [0.2, 0.25) is 0 Å². The van der Waals surface area contributed by atoms with Crippen molar-refractivity contribution >= 4 is 37.5 Å². The predicted molar refractivity (Wildman–Crippen MR) is 133 cm³/mol. The van der Waals surface area contributed by atoms with Crippen LogP contribution >= 0.6 is 11.3 Å². The summed E-state index contributed by atoms with van der Waals surface area (Å²) in [5.74, 6) is 0.0374. The maximum Gasteiger partial charge on any atom is 0.226 e. The van der Waals surface area contributed by atoms with E-state index >= 15 is 0 Å². The van der Waals surface area contributed by atoms with Crippen molar-refractivity contribution in [3.8, 4) is 0 Å². The van der Waals surface area contributed by atoms with Gasteiger partial charge in [-0.1, -0.05) is 49.2 Å². The van der Waals surface area contributed by atoms with Gasteiger partial charge in [-0.2, -0.15) is 0 Å². The van der Waals surface area contributed by atoms with Crippen molar-refractivity contribution in [3.05, 3.63) is 64.7 Å². The van der Waals surface area contributed by atoms with Crippen molar-refractivity contribution in [1.82, 2.24) is 15.0 Å². The molecule has 1 aliphatic carbocycles. The Morgan fingerprint density at radius 1 is 1.06 bits per heavy atom. The van der Waals surface area contributed by atoms with Crippen LogP contribution in [0.25, 0.3) is 10.2 Å². The molecule has 1 heterocycles. The van der Waals surface area contributed by atoms with E-state index in [4.69, 9.17) is 4.98 Å². The highest BCUT2D eigenvalue weighted by Gasteiger charge is 2.41. The van der Waals surface area contributed by atoms with Crippen LogP contribution in [0.15, 0.2) is 48.5 Å². The number of aromatic nitrogens is 1. The molecule has 3 aromatic rings. The minimum Gasteiger partial charge on any atom is -0.352 e. The third-order valence-electron chi connectivity index (χ3n) is 6.12. The second kappa shape index (κ2) is 9.91. The highest BCUT2D eigenvalue weighted by atomic mass is 32.2. The number of amides is 1. The SMILES string of the molecule is CC(C)NS(=O)(=O)Cc1ccc(CNC(=O)C2(Cc3nc4ccccc4s3)CCCC2)cc1. The minimum absolute atomic E-state index is 0.0525. The van der Waals surface area contributed by atoms with Crippen LogP contribution in [0.5, 0.6) is 0 Å². The molecule has 1 aliphatic rings. The lowest BCUT2D eigenvalue weighted by molar-refractivity contribution is -0.131. The largest absolute Gasteiger partial charge is 0.352 e. The molecule has 1 amide bonds. The molecule has 1 saturated carbocycles. The lowest BCUT2D eigenvalue weighted by Gasteiger charge is -2.26. The maximum absolute atomic E-state index is 13.3. The topological polar surface area (TPSA) is 88.2 Å². The van der Waals surface area contributed by atoms with Gasteiger partial charge in [0.2, 0.25) is 15.9 Å². The molecule has 0 spiro atoms. The number of carbonyl (C=O) groups excluding carboxylic acids is 1. The van der Waals surface area contributed by atoms with Gasteiger partial charge in [-0.3, -0.25) is 4.79 Å². The van der Waals surface area contributed by atoms with E-state index in [1.165, 1.54) is 0 Å². The van der Waals surface area contributed by atoms with Gasteiger partial charge in [-0.25, -0.2) is 18.1 Å². The van der Waals surface area contributed by atoms with Gasteiger partial charge in [0.25, 0.3) is 0 Å². The molecule has 0 atom stereocenters. The average molecular weight is 486 g/mol. The maximum atomic E-state index is 13.3. The first kappa shape index (κ1) is 23.9. The summed E-state index contributed by atoms with van der Waals surface area (Å²) in [6, 6.07) is 15.4. The summed E-state index contributed by atoms with van der Waals surface area (Å²) < 4.78 is 28.0. The lowest BCUT2D eigenvalue weighted by atomic mass is 9.82. The zero-order chi connectivity index (χ0) is 23.5. The first-order valence-electron chi connectivity index (χ1n) is 11.5. The molecule has 33 heavy (non-hydrogen) atoms. The monoisotopic (exact) mass is 485 g/mol. The number of hydrogen-bond donors (Lipinski definition) is 2. The molecule has 0 aliphatic heterocycles. The fourth-order valence-corrected chi connectivity index (χ4v) is 7.11. The van der Waals surface area contributed by atoms with Gasteiger partial charge in [0.05, 0.1) is 26.4 Å². The van der Waals surface area contributed by atoms with E-state index in [0.717, 1.165) is 52.0 Å². The molecule has 0 radical (unpaired) electrons. The van der Waals surface area contributed by atoms with Crippen LogP contribution in [0.4, 0.5) is 0 Å². The first-order valence-corrected chi connectivity index (χ1v) is 13.9. The van der Waals surface area contributed by atoms with Crippen LogP contribution < -0.4 is 10.0 Å². The number of nitrogens with one attached hydrogen (secondary N) is 2.